The van der Waals surface area contributed by atoms with Gasteiger partial charge in [0.05, 0.1) is 23.2 Å². The van der Waals surface area contributed by atoms with Gasteiger partial charge in [-0.25, -0.2) is 0 Å². The normalized spacial score (nSPS) is 10.8. The number of hydrogen-bond donors (Lipinski definition) is 1. The molecular weight excluding hydrogens is 438 g/mol. The average molecular weight is 462 g/mol. The van der Waals surface area contributed by atoms with Gasteiger partial charge in [-0.15, -0.1) is 0 Å². The molecule has 0 spiro atoms. The predicted molar refractivity (Wildman–Crippen MR) is 131 cm³/mol. The SMILES string of the molecule is CCOc1ccc(-n2c(=O)c3ccccc3n(CN(C(C)=O)c3ccc(O)cc3)c2=S)cc1. The van der Waals surface area contributed by atoms with Crippen molar-refractivity contribution in [2.24, 2.45) is 0 Å². The molecule has 1 aromatic heterocycles. The van der Waals surface area contributed by atoms with Crippen LogP contribution < -0.4 is 15.2 Å². The summed E-state index contributed by atoms with van der Waals surface area (Å²) in [5.74, 6) is 0.600. The van der Waals surface area contributed by atoms with Gasteiger partial charge in [-0.2, -0.15) is 0 Å². The smallest absolute Gasteiger partial charge is 0.266 e. The van der Waals surface area contributed by atoms with Gasteiger partial charge in [0.25, 0.3) is 5.56 Å². The molecule has 0 atom stereocenters. The Morgan fingerprint density at radius 1 is 1.03 bits per heavy atom. The van der Waals surface area contributed by atoms with Crippen molar-refractivity contribution in [2.75, 3.05) is 11.5 Å². The minimum Gasteiger partial charge on any atom is -0.508 e. The van der Waals surface area contributed by atoms with Crippen LogP contribution in [0, 0.1) is 4.77 Å². The second-order valence-corrected chi connectivity index (χ2v) is 7.77. The van der Waals surface area contributed by atoms with Crippen molar-refractivity contribution in [3.8, 4) is 17.2 Å². The summed E-state index contributed by atoms with van der Waals surface area (Å²) in [5, 5.41) is 10.1. The van der Waals surface area contributed by atoms with E-state index < -0.39 is 0 Å². The molecule has 0 saturated carbocycles. The number of phenolic OH excluding ortho intramolecular Hbond substituents is 1. The molecule has 1 amide bonds. The molecule has 0 aliphatic heterocycles. The van der Waals surface area contributed by atoms with E-state index in [-0.39, 0.29) is 28.7 Å². The Bertz CT molecular complexity index is 1420. The van der Waals surface area contributed by atoms with Gasteiger partial charge in [-0.05, 0) is 79.8 Å². The molecule has 0 aliphatic rings. The fourth-order valence-corrected chi connectivity index (χ4v) is 4.02. The predicted octanol–water partition coefficient (Wildman–Crippen LogP) is 4.64. The van der Waals surface area contributed by atoms with E-state index in [9.17, 15) is 14.7 Å². The van der Waals surface area contributed by atoms with Gasteiger partial charge in [0.1, 0.15) is 18.2 Å². The highest BCUT2D eigenvalue weighted by Crippen LogP contribution is 2.22. The molecule has 0 saturated heterocycles. The van der Waals surface area contributed by atoms with Crippen LogP contribution in [0.3, 0.4) is 0 Å². The number of rotatable bonds is 6. The molecule has 7 nitrogen and oxygen atoms in total. The van der Waals surface area contributed by atoms with E-state index in [2.05, 4.69) is 0 Å². The van der Waals surface area contributed by atoms with E-state index in [1.807, 2.05) is 19.1 Å². The Morgan fingerprint density at radius 2 is 1.70 bits per heavy atom. The fourth-order valence-electron chi connectivity index (χ4n) is 3.68. The minimum atomic E-state index is -0.241. The Labute approximate surface area is 195 Å². The summed E-state index contributed by atoms with van der Waals surface area (Å²) >= 11 is 5.77. The van der Waals surface area contributed by atoms with E-state index in [1.54, 1.807) is 53.1 Å². The van der Waals surface area contributed by atoms with E-state index >= 15 is 0 Å². The number of phenols is 1. The Kier molecular flexibility index (Phi) is 6.28. The van der Waals surface area contributed by atoms with Gasteiger partial charge in [0, 0.05) is 12.6 Å². The Hall–Kier alpha value is -3.91. The zero-order chi connectivity index (χ0) is 23.5. The second-order valence-electron chi connectivity index (χ2n) is 7.40. The zero-order valence-electron chi connectivity index (χ0n) is 18.3. The number of ether oxygens (including phenoxy) is 1. The number of anilines is 1. The number of benzene rings is 3. The highest BCUT2D eigenvalue weighted by atomic mass is 32.1. The average Bonchev–Trinajstić information content (AvgIpc) is 2.81. The van der Waals surface area contributed by atoms with Crippen molar-refractivity contribution >= 4 is 34.7 Å². The van der Waals surface area contributed by atoms with Gasteiger partial charge in [-0.1, -0.05) is 12.1 Å². The van der Waals surface area contributed by atoms with E-state index in [0.29, 0.717) is 34.6 Å². The molecule has 3 aromatic carbocycles. The van der Waals surface area contributed by atoms with Crippen LogP contribution in [0.2, 0.25) is 0 Å². The summed E-state index contributed by atoms with van der Waals surface area (Å²) in [6.45, 7) is 4.00. The number of amides is 1. The van der Waals surface area contributed by atoms with Gasteiger partial charge in [0.15, 0.2) is 4.77 Å². The van der Waals surface area contributed by atoms with Crippen LogP contribution in [0.5, 0.6) is 11.5 Å². The highest BCUT2D eigenvalue weighted by Gasteiger charge is 2.17. The van der Waals surface area contributed by atoms with E-state index in [0.717, 1.165) is 0 Å². The quantitative estimate of drug-likeness (QED) is 0.424. The van der Waals surface area contributed by atoms with Crippen molar-refractivity contribution in [1.29, 1.82) is 0 Å². The first kappa shape index (κ1) is 22.3. The van der Waals surface area contributed by atoms with Crippen molar-refractivity contribution < 1.29 is 14.6 Å². The summed E-state index contributed by atoms with van der Waals surface area (Å²) in [7, 11) is 0. The van der Waals surface area contributed by atoms with Gasteiger partial charge in [0.2, 0.25) is 5.91 Å². The third kappa shape index (κ3) is 4.38. The molecule has 0 radical (unpaired) electrons. The van der Waals surface area contributed by atoms with Crippen LogP contribution in [-0.2, 0) is 11.5 Å². The maximum Gasteiger partial charge on any atom is 0.266 e. The molecule has 0 aliphatic carbocycles. The van der Waals surface area contributed by atoms with Crippen LogP contribution in [0.4, 0.5) is 5.69 Å². The zero-order valence-corrected chi connectivity index (χ0v) is 19.1. The van der Waals surface area contributed by atoms with E-state index in [1.165, 1.54) is 28.5 Å². The fraction of sp³-hybridized carbons (Fsp3) is 0.160. The van der Waals surface area contributed by atoms with Crippen LogP contribution in [-0.4, -0.2) is 26.8 Å². The van der Waals surface area contributed by atoms with Crippen LogP contribution in [0.1, 0.15) is 13.8 Å². The lowest BCUT2D eigenvalue weighted by Gasteiger charge is -2.25. The number of para-hydroxylation sites is 1. The highest BCUT2D eigenvalue weighted by molar-refractivity contribution is 7.71. The molecule has 4 rings (SSSR count). The van der Waals surface area contributed by atoms with Crippen molar-refractivity contribution in [2.45, 2.75) is 20.5 Å². The molecule has 33 heavy (non-hydrogen) atoms. The van der Waals surface area contributed by atoms with Crippen LogP contribution >= 0.6 is 12.2 Å². The van der Waals surface area contributed by atoms with Gasteiger partial charge < -0.3 is 9.84 Å². The lowest BCUT2D eigenvalue weighted by Crippen LogP contribution is -2.34. The number of carbonyl (C=O) groups is 1. The molecule has 4 aromatic rings. The lowest BCUT2D eigenvalue weighted by atomic mass is 10.2. The first-order valence-electron chi connectivity index (χ1n) is 10.5. The van der Waals surface area contributed by atoms with Crippen molar-refractivity contribution in [3.63, 3.8) is 0 Å². The molecule has 0 bridgehead atoms. The largest absolute Gasteiger partial charge is 0.508 e. The minimum absolute atomic E-state index is 0.0940. The number of aromatic hydroxyl groups is 1. The summed E-state index contributed by atoms with van der Waals surface area (Å²) in [6, 6.07) is 20.7. The molecule has 168 valence electrons. The van der Waals surface area contributed by atoms with Crippen LogP contribution in [0.15, 0.2) is 77.6 Å². The summed E-state index contributed by atoms with van der Waals surface area (Å²) < 4.78 is 8.99. The first-order valence-corrected chi connectivity index (χ1v) is 10.9. The molecule has 1 heterocycles. The monoisotopic (exact) mass is 461 g/mol. The van der Waals surface area contributed by atoms with Crippen molar-refractivity contribution in [3.05, 3.63) is 87.9 Å². The number of hydrogen-bond acceptors (Lipinski definition) is 5. The number of carbonyl (C=O) groups excluding carboxylic acids is 1. The Balaban J connectivity index is 1.90. The standard InChI is InChI=1S/C25H23N3O4S/c1-3-32-21-14-10-19(11-15-21)28-24(31)22-6-4-5-7-23(22)27(25(28)33)16-26(17(2)29)18-8-12-20(30)13-9-18/h4-15,30H,3,16H2,1-2H3. The maximum atomic E-state index is 13.4. The maximum absolute atomic E-state index is 13.4. The van der Waals surface area contributed by atoms with Crippen molar-refractivity contribution in [1.82, 2.24) is 9.13 Å². The summed E-state index contributed by atoms with van der Waals surface area (Å²) in [6.07, 6.45) is 0. The van der Waals surface area contributed by atoms with Crippen LogP contribution in [0.25, 0.3) is 16.6 Å². The summed E-state index contributed by atoms with van der Waals surface area (Å²) in [4.78, 5) is 27.5. The first-order chi connectivity index (χ1) is 15.9. The molecule has 8 heteroatoms. The lowest BCUT2D eigenvalue weighted by molar-refractivity contribution is -0.116. The second kappa shape index (κ2) is 9.30. The topological polar surface area (TPSA) is 76.7 Å². The number of aromatic nitrogens is 2. The molecule has 1 N–H and O–H groups in total. The number of fused-ring (bicyclic) bond motifs is 1. The number of nitrogens with zero attached hydrogens (tertiary/aromatic N) is 3. The van der Waals surface area contributed by atoms with E-state index in [4.69, 9.17) is 17.0 Å². The Morgan fingerprint density at radius 3 is 2.33 bits per heavy atom. The van der Waals surface area contributed by atoms with Gasteiger partial charge in [-0.3, -0.25) is 23.6 Å². The molecule has 0 unspecified atom stereocenters. The molecule has 0 fully saturated rings. The third-order valence-electron chi connectivity index (χ3n) is 5.28. The van der Waals surface area contributed by atoms with Gasteiger partial charge >= 0.3 is 0 Å². The molecular formula is C25H23N3O4S. The third-order valence-corrected chi connectivity index (χ3v) is 5.68. The summed E-state index contributed by atoms with van der Waals surface area (Å²) in [5.41, 5.74) is 1.59.